The van der Waals surface area contributed by atoms with Crippen molar-refractivity contribution >= 4 is 50.6 Å². The molecule has 0 bridgehead atoms. The smallest absolute Gasteiger partial charge is 0.0998 e. The van der Waals surface area contributed by atoms with Gasteiger partial charge >= 0.3 is 0 Å². The number of alkyl halides is 1. The van der Waals surface area contributed by atoms with Crippen LogP contribution in [0.15, 0.2) is 42.9 Å². The second kappa shape index (κ2) is 6.84. The molecule has 0 unspecified atom stereocenters. The second-order valence-corrected chi connectivity index (χ2v) is 4.35. The number of benzene rings is 1. The summed E-state index contributed by atoms with van der Waals surface area (Å²) in [6, 6.07) is 10.1. The molecule has 2 nitrogen and oxygen atoms in total. The van der Waals surface area contributed by atoms with Crippen LogP contribution in [0.1, 0.15) is 11.3 Å². The fourth-order valence-electron chi connectivity index (χ4n) is 1.37. The predicted octanol–water partition coefficient (Wildman–Crippen LogP) is 4.39. The second-order valence-electron chi connectivity index (χ2n) is 3.27. The van der Waals surface area contributed by atoms with Gasteiger partial charge in [-0.05, 0) is 27.6 Å². The summed E-state index contributed by atoms with van der Waals surface area (Å²) in [6.07, 6.45) is 5.52. The molecule has 90 valence electrons. The minimum atomic E-state index is 0. The van der Waals surface area contributed by atoms with Crippen molar-refractivity contribution in [3.63, 3.8) is 0 Å². The quantitative estimate of drug-likeness (QED) is 0.761. The Balaban J connectivity index is 0.00000144. The van der Waals surface area contributed by atoms with Crippen molar-refractivity contribution in [3.05, 3.63) is 54.1 Å². The van der Waals surface area contributed by atoms with Gasteiger partial charge in [0.1, 0.15) is 0 Å². The Bertz CT molecular complexity index is 494. The molecule has 0 fully saturated rings. The summed E-state index contributed by atoms with van der Waals surface area (Å²) in [4.78, 5) is 4.06. The Morgan fingerprint density at radius 3 is 2.71 bits per heavy atom. The molecule has 0 saturated heterocycles. The molecule has 1 heterocycles. The fourth-order valence-corrected chi connectivity index (χ4v) is 2.15. The Labute approximate surface area is 120 Å². The highest BCUT2D eigenvalue weighted by Crippen LogP contribution is 2.20. The van der Waals surface area contributed by atoms with Gasteiger partial charge in [0.15, 0.2) is 0 Å². The normalized spacial score (nSPS) is 11.1. The Hall–Kier alpha value is -0.770. The topological polar surface area (TPSA) is 17.8 Å². The third kappa shape index (κ3) is 3.60. The van der Waals surface area contributed by atoms with E-state index in [1.54, 1.807) is 12.5 Å². The van der Waals surface area contributed by atoms with E-state index in [-0.39, 0.29) is 12.4 Å². The first-order valence-corrected chi connectivity index (χ1v) is 6.14. The van der Waals surface area contributed by atoms with E-state index in [0.29, 0.717) is 5.88 Å². The number of aromatic nitrogens is 2. The molecule has 0 amide bonds. The van der Waals surface area contributed by atoms with E-state index in [0.717, 1.165) is 15.9 Å². The van der Waals surface area contributed by atoms with E-state index in [2.05, 4.69) is 20.9 Å². The standard InChI is InChI=1S/C12H10BrClN2.ClH/c13-12(6-10-4-2-1-3-5-10)16-9-15-8-11(16)7-14;/h1-6,8-9H,7H2;1H. The van der Waals surface area contributed by atoms with Crippen molar-refractivity contribution in [3.8, 4) is 0 Å². The first-order valence-electron chi connectivity index (χ1n) is 4.81. The lowest BCUT2D eigenvalue weighted by Gasteiger charge is -2.04. The van der Waals surface area contributed by atoms with Crippen LogP contribution < -0.4 is 0 Å². The average molecular weight is 334 g/mol. The highest BCUT2D eigenvalue weighted by atomic mass is 79.9. The number of nitrogens with zero attached hydrogens (tertiary/aromatic N) is 2. The zero-order valence-electron chi connectivity index (χ0n) is 8.88. The van der Waals surface area contributed by atoms with Gasteiger partial charge in [0.25, 0.3) is 0 Å². The number of hydrogen-bond acceptors (Lipinski definition) is 1. The fraction of sp³-hybridized carbons (Fsp3) is 0.0833. The molecule has 0 N–H and O–H groups in total. The maximum atomic E-state index is 5.81. The molecular weight excluding hydrogens is 323 g/mol. The summed E-state index contributed by atoms with van der Waals surface area (Å²) in [6.45, 7) is 0. The lowest BCUT2D eigenvalue weighted by Crippen LogP contribution is -1.93. The maximum Gasteiger partial charge on any atom is 0.0998 e. The number of halogens is 3. The highest BCUT2D eigenvalue weighted by Gasteiger charge is 2.02. The van der Waals surface area contributed by atoms with E-state index in [4.69, 9.17) is 11.6 Å². The first-order chi connectivity index (χ1) is 7.81. The Kier molecular flexibility index (Phi) is 5.75. The maximum absolute atomic E-state index is 5.81. The largest absolute Gasteiger partial charge is 0.296 e. The monoisotopic (exact) mass is 332 g/mol. The van der Waals surface area contributed by atoms with Gasteiger partial charge in [-0.2, -0.15) is 0 Å². The average Bonchev–Trinajstić information content (AvgIpc) is 2.78. The Morgan fingerprint density at radius 1 is 1.35 bits per heavy atom. The van der Waals surface area contributed by atoms with Gasteiger partial charge in [0, 0.05) is 6.20 Å². The van der Waals surface area contributed by atoms with Crippen LogP contribution >= 0.6 is 39.9 Å². The van der Waals surface area contributed by atoms with Crippen molar-refractivity contribution in [2.75, 3.05) is 0 Å². The zero-order chi connectivity index (χ0) is 11.4. The molecule has 0 aliphatic carbocycles. The summed E-state index contributed by atoms with van der Waals surface area (Å²) in [5, 5.41) is 0. The first kappa shape index (κ1) is 14.3. The van der Waals surface area contributed by atoms with Crippen molar-refractivity contribution in [1.29, 1.82) is 0 Å². The lowest BCUT2D eigenvalue weighted by molar-refractivity contribution is 1.05. The number of hydrogen-bond donors (Lipinski definition) is 0. The molecule has 1 aromatic heterocycles. The molecule has 0 spiro atoms. The van der Waals surface area contributed by atoms with Crippen LogP contribution in [0, 0.1) is 0 Å². The van der Waals surface area contributed by atoms with Crippen molar-refractivity contribution in [1.82, 2.24) is 9.55 Å². The molecule has 17 heavy (non-hydrogen) atoms. The van der Waals surface area contributed by atoms with Crippen LogP contribution in [-0.4, -0.2) is 9.55 Å². The molecule has 2 aromatic rings. The van der Waals surface area contributed by atoms with E-state index in [9.17, 15) is 0 Å². The third-order valence-corrected chi connectivity index (χ3v) is 3.05. The van der Waals surface area contributed by atoms with Crippen LogP contribution in [0.5, 0.6) is 0 Å². The number of imidazole rings is 1. The van der Waals surface area contributed by atoms with Gasteiger partial charge in [0.05, 0.1) is 22.5 Å². The van der Waals surface area contributed by atoms with E-state index in [1.807, 2.05) is 41.0 Å². The van der Waals surface area contributed by atoms with E-state index < -0.39 is 0 Å². The van der Waals surface area contributed by atoms with Gasteiger partial charge in [0.2, 0.25) is 0 Å². The van der Waals surface area contributed by atoms with Crippen molar-refractivity contribution < 1.29 is 0 Å². The van der Waals surface area contributed by atoms with Crippen LogP contribution in [0.25, 0.3) is 10.7 Å². The lowest BCUT2D eigenvalue weighted by atomic mass is 10.2. The van der Waals surface area contributed by atoms with Gasteiger partial charge in [-0.25, -0.2) is 4.98 Å². The number of rotatable bonds is 3. The van der Waals surface area contributed by atoms with Crippen molar-refractivity contribution in [2.24, 2.45) is 0 Å². The summed E-state index contributed by atoms with van der Waals surface area (Å²) < 4.78 is 2.84. The molecule has 0 aliphatic rings. The van der Waals surface area contributed by atoms with Crippen LogP contribution in [0.4, 0.5) is 0 Å². The Morgan fingerprint density at radius 2 is 2.06 bits per heavy atom. The molecule has 1 aromatic carbocycles. The predicted molar refractivity (Wildman–Crippen MR) is 78.6 cm³/mol. The molecule has 2 rings (SSSR count). The van der Waals surface area contributed by atoms with Crippen LogP contribution in [0.3, 0.4) is 0 Å². The van der Waals surface area contributed by atoms with Gasteiger partial charge < -0.3 is 0 Å². The summed E-state index contributed by atoms with van der Waals surface area (Å²) >= 11 is 9.33. The summed E-state index contributed by atoms with van der Waals surface area (Å²) in [5.41, 5.74) is 2.09. The molecule has 0 atom stereocenters. The van der Waals surface area contributed by atoms with E-state index >= 15 is 0 Å². The minimum Gasteiger partial charge on any atom is -0.296 e. The van der Waals surface area contributed by atoms with Gasteiger partial charge in [-0.3, -0.25) is 4.57 Å². The molecule has 0 saturated carbocycles. The third-order valence-electron chi connectivity index (χ3n) is 2.17. The SMILES string of the molecule is Cl.ClCc1cncn1C(Br)=Cc1ccccc1. The summed E-state index contributed by atoms with van der Waals surface area (Å²) in [7, 11) is 0. The summed E-state index contributed by atoms with van der Waals surface area (Å²) in [5.74, 6) is 0.442. The minimum absolute atomic E-state index is 0. The van der Waals surface area contributed by atoms with E-state index in [1.165, 1.54) is 0 Å². The molecule has 0 radical (unpaired) electrons. The van der Waals surface area contributed by atoms with Crippen LogP contribution in [0.2, 0.25) is 0 Å². The van der Waals surface area contributed by atoms with Crippen LogP contribution in [-0.2, 0) is 5.88 Å². The highest BCUT2D eigenvalue weighted by molar-refractivity contribution is 9.15. The van der Waals surface area contributed by atoms with Crippen molar-refractivity contribution in [2.45, 2.75) is 5.88 Å². The van der Waals surface area contributed by atoms with Gasteiger partial charge in [-0.1, -0.05) is 30.3 Å². The molecular formula is C12H11BrCl2N2. The van der Waals surface area contributed by atoms with Gasteiger partial charge in [-0.15, -0.1) is 24.0 Å². The molecule has 5 heteroatoms. The molecule has 0 aliphatic heterocycles. The zero-order valence-corrected chi connectivity index (χ0v) is 12.0.